The number of anilines is 1. The molecule has 7 nitrogen and oxygen atoms in total. The first kappa shape index (κ1) is 21.0. The normalized spacial score (nSPS) is 24.2. The molecule has 0 saturated carbocycles. The zero-order valence-corrected chi connectivity index (χ0v) is 19.6. The molecular formula is C24H28N4O3S. The molecule has 2 aromatic carbocycles. The van der Waals surface area contributed by atoms with Crippen LogP contribution in [0.1, 0.15) is 48.7 Å². The molecule has 2 aliphatic rings. The number of imidazole rings is 1. The molecule has 2 N–H and O–H groups in total. The number of fused-ring (bicyclic) bond motifs is 5. The van der Waals surface area contributed by atoms with E-state index in [1.54, 1.807) is 6.33 Å². The number of sulfonamides is 1. The van der Waals surface area contributed by atoms with Gasteiger partial charge in [-0.15, -0.1) is 0 Å². The van der Waals surface area contributed by atoms with Crippen LogP contribution in [0.25, 0.3) is 11.0 Å². The van der Waals surface area contributed by atoms with Gasteiger partial charge in [-0.1, -0.05) is 26.8 Å². The lowest BCUT2D eigenvalue weighted by atomic mass is 9.51. The fourth-order valence-corrected chi connectivity index (χ4v) is 6.25. The number of benzene rings is 2. The van der Waals surface area contributed by atoms with Gasteiger partial charge >= 0.3 is 0 Å². The summed E-state index contributed by atoms with van der Waals surface area (Å²) in [5, 5.41) is 0. The summed E-state index contributed by atoms with van der Waals surface area (Å²) in [6, 6.07) is 11.4. The number of carbonyl (C=O) groups is 1. The summed E-state index contributed by atoms with van der Waals surface area (Å²) in [4.78, 5) is 23.0. The second-order valence-electron chi connectivity index (χ2n) is 9.90. The van der Waals surface area contributed by atoms with E-state index in [2.05, 4.69) is 41.5 Å². The molecule has 1 fully saturated rings. The molecule has 2 heterocycles. The SMILES string of the molecule is CC12CCN(C(=O)c3ccc4nc[nH]c4c3)C(Cc3cc(NS(C)(=O)=O)ccc31)C2(C)C. The number of likely N-dealkylation sites (tertiary alicyclic amines) is 1. The lowest BCUT2D eigenvalue weighted by Gasteiger charge is -2.60. The van der Waals surface area contributed by atoms with Crippen LogP contribution in [-0.4, -0.2) is 48.0 Å². The van der Waals surface area contributed by atoms with Gasteiger partial charge in [-0.3, -0.25) is 9.52 Å². The van der Waals surface area contributed by atoms with Crippen molar-refractivity contribution in [3.8, 4) is 0 Å². The van der Waals surface area contributed by atoms with Gasteiger partial charge in [0.15, 0.2) is 0 Å². The van der Waals surface area contributed by atoms with Gasteiger partial charge in [0.2, 0.25) is 10.0 Å². The van der Waals surface area contributed by atoms with E-state index in [0.29, 0.717) is 24.2 Å². The summed E-state index contributed by atoms with van der Waals surface area (Å²) in [6.45, 7) is 7.47. The van der Waals surface area contributed by atoms with E-state index in [0.717, 1.165) is 29.3 Å². The zero-order valence-electron chi connectivity index (χ0n) is 18.8. The van der Waals surface area contributed by atoms with Crippen LogP contribution >= 0.6 is 0 Å². The van der Waals surface area contributed by atoms with E-state index in [9.17, 15) is 13.2 Å². The number of hydrogen-bond donors (Lipinski definition) is 2. The van der Waals surface area contributed by atoms with Crippen LogP contribution in [-0.2, 0) is 21.9 Å². The summed E-state index contributed by atoms with van der Waals surface area (Å²) in [7, 11) is -3.36. The van der Waals surface area contributed by atoms with Crippen LogP contribution in [0, 0.1) is 5.41 Å². The Morgan fingerprint density at radius 1 is 1.19 bits per heavy atom. The molecule has 2 atom stereocenters. The first-order valence-corrected chi connectivity index (χ1v) is 12.7. The first-order chi connectivity index (χ1) is 15.0. The summed E-state index contributed by atoms with van der Waals surface area (Å²) < 4.78 is 26.1. The average molecular weight is 453 g/mol. The molecule has 1 aromatic heterocycles. The lowest BCUT2D eigenvalue weighted by Crippen LogP contribution is -2.64. The molecule has 5 rings (SSSR count). The van der Waals surface area contributed by atoms with Crippen molar-refractivity contribution >= 4 is 32.7 Å². The maximum Gasteiger partial charge on any atom is 0.254 e. The molecule has 1 amide bonds. The Morgan fingerprint density at radius 3 is 2.72 bits per heavy atom. The van der Waals surface area contributed by atoms with Crippen LogP contribution in [0.4, 0.5) is 5.69 Å². The second-order valence-corrected chi connectivity index (χ2v) is 11.7. The number of carbonyl (C=O) groups excluding carboxylic acids is 1. The van der Waals surface area contributed by atoms with Crippen LogP contribution in [0.5, 0.6) is 0 Å². The second kappa shape index (κ2) is 6.81. The number of aromatic nitrogens is 2. The Morgan fingerprint density at radius 2 is 1.97 bits per heavy atom. The average Bonchev–Trinajstić information content (AvgIpc) is 3.17. The minimum absolute atomic E-state index is 0.00666. The molecule has 1 aliphatic carbocycles. The largest absolute Gasteiger partial charge is 0.345 e. The third-order valence-electron chi connectivity index (χ3n) is 7.83. The van der Waals surface area contributed by atoms with Gasteiger partial charge in [-0.05, 0) is 59.7 Å². The van der Waals surface area contributed by atoms with E-state index in [-0.39, 0.29) is 22.8 Å². The zero-order chi connectivity index (χ0) is 22.9. The van der Waals surface area contributed by atoms with Crippen LogP contribution < -0.4 is 4.72 Å². The van der Waals surface area contributed by atoms with E-state index in [1.807, 2.05) is 35.2 Å². The summed E-state index contributed by atoms with van der Waals surface area (Å²) in [5.41, 5.74) is 5.01. The quantitative estimate of drug-likeness (QED) is 0.634. The molecule has 1 saturated heterocycles. The maximum absolute atomic E-state index is 13.6. The summed E-state index contributed by atoms with van der Waals surface area (Å²) in [5.74, 6) is 0.0236. The van der Waals surface area contributed by atoms with Crippen LogP contribution in [0.15, 0.2) is 42.7 Å². The Kier molecular flexibility index (Phi) is 4.47. The Labute approximate surface area is 188 Å². The summed E-state index contributed by atoms with van der Waals surface area (Å²) >= 11 is 0. The van der Waals surface area contributed by atoms with Crippen LogP contribution in [0.3, 0.4) is 0 Å². The molecule has 2 unspecified atom stereocenters. The fraction of sp³-hybridized carbons (Fsp3) is 0.417. The number of nitrogens with one attached hydrogen (secondary N) is 2. The Bertz CT molecular complexity index is 1340. The highest BCUT2D eigenvalue weighted by Crippen LogP contribution is 2.56. The predicted molar refractivity (Wildman–Crippen MR) is 125 cm³/mol. The number of nitrogens with zero attached hydrogens (tertiary/aromatic N) is 2. The Balaban J connectivity index is 1.54. The number of piperidine rings is 1. The number of hydrogen-bond acceptors (Lipinski definition) is 4. The van der Waals surface area contributed by atoms with Gasteiger partial charge in [0.1, 0.15) is 0 Å². The molecule has 3 aromatic rings. The van der Waals surface area contributed by atoms with Gasteiger partial charge in [0, 0.05) is 29.3 Å². The molecule has 8 heteroatoms. The van der Waals surface area contributed by atoms with Crippen molar-refractivity contribution in [2.45, 2.75) is 45.1 Å². The smallest absolute Gasteiger partial charge is 0.254 e. The predicted octanol–water partition coefficient (Wildman–Crippen LogP) is 3.69. The van der Waals surface area contributed by atoms with E-state index in [1.165, 1.54) is 5.56 Å². The van der Waals surface area contributed by atoms with Gasteiger partial charge < -0.3 is 9.88 Å². The standard InChI is InChI=1S/C24H28N4O3S/c1-23(2)21-13-16-11-17(27-32(4,30)31)6-7-18(16)24(23,3)9-10-28(21)22(29)15-5-8-19-20(12-15)26-14-25-19/h5-8,11-12,14,21,27H,9-10,13H2,1-4H3,(H,25,26). The van der Waals surface area contributed by atoms with E-state index < -0.39 is 10.0 Å². The van der Waals surface area contributed by atoms with E-state index in [4.69, 9.17) is 0 Å². The number of rotatable bonds is 3. The number of aromatic amines is 1. The van der Waals surface area contributed by atoms with Crippen molar-refractivity contribution in [3.63, 3.8) is 0 Å². The highest BCUT2D eigenvalue weighted by Gasteiger charge is 2.56. The molecule has 32 heavy (non-hydrogen) atoms. The minimum Gasteiger partial charge on any atom is -0.345 e. The van der Waals surface area contributed by atoms with Crippen molar-refractivity contribution in [3.05, 3.63) is 59.4 Å². The highest BCUT2D eigenvalue weighted by atomic mass is 32.2. The van der Waals surface area contributed by atoms with Crippen molar-refractivity contribution in [2.75, 3.05) is 17.5 Å². The maximum atomic E-state index is 13.6. The van der Waals surface area contributed by atoms with Crippen molar-refractivity contribution in [1.29, 1.82) is 0 Å². The third kappa shape index (κ3) is 3.11. The first-order valence-electron chi connectivity index (χ1n) is 10.8. The minimum atomic E-state index is -3.36. The number of amides is 1. The monoisotopic (exact) mass is 452 g/mol. The van der Waals surface area contributed by atoms with Gasteiger partial charge in [0.05, 0.1) is 23.6 Å². The summed E-state index contributed by atoms with van der Waals surface area (Å²) in [6.07, 6.45) is 4.33. The van der Waals surface area contributed by atoms with Crippen molar-refractivity contribution in [2.24, 2.45) is 5.41 Å². The third-order valence-corrected chi connectivity index (χ3v) is 8.43. The molecule has 1 aliphatic heterocycles. The molecule has 168 valence electrons. The van der Waals surface area contributed by atoms with Crippen LogP contribution in [0.2, 0.25) is 0 Å². The van der Waals surface area contributed by atoms with Crippen molar-refractivity contribution in [1.82, 2.24) is 14.9 Å². The van der Waals surface area contributed by atoms with Crippen molar-refractivity contribution < 1.29 is 13.2 Å². The molecule has 2 bridgehead atoms. The molecule has 0 spiro atoms. The molecule has 0 radical (unpaired) electrons. The van der Waals surface area contributed by atoms with E-state index >= 15 is 0 Å². The highest BCUT2D eigenvalue weighted by molar-refractivity contribution is 7.92. The fourth-order valence-electron chi connectivity index (χ4n) is 5.69. The topological polar surface area (TPSA) is 95.2 Å². The Hall–Kier alpha value is -2.87. The number of H-pyrrole nitrogens is 1. The molecular weight excluding hydrogens is 424 g/mol. The van der Waals surface area contributed by atoms with Gasteiger partial charge in [-0.25, -0.2) is 13.4 Å². The van der Waals surface area contributed by atoms with Gasteiger partial charge in [0.25, 0.3) is 5.91 Å². The lowest BCUT2D eigenvalue weighted by molar-refractivity contribution is -0.0261. The van der Waals surface area contributed by atoms with Gasteiger partial charge in [-0.2, -0.15) is 0 Å².